The van der Waals surface area contributed by atoms with E-state index < -0.39 is 10.8 Å². The molecule has 2 aromatic rings. The number of pyridine rings is 1. The van der Waals surface area contributed by atoms with Gasteiger partial charge in [-0.3, -0.25) is 14.9 Å². The van der Waals surface area contributed by atoms with Crippen LogP contribution in [0.5, 0.6) is 5.75 Å². The van der Waals surface area contributed by atoms with Crippen LogP contribution in [0.2, 0.25) is 0 Å². The van der Waals surface area contributed by atoms with Crippen LogP contribution in [0.25, 0.3) is 0 Å². The van der Waals surface area contributed by atoms with Crippen molar-refractivity contribution in [3.05, 3.63) is 58.3 Å². The van der Waals surface area contributed by atoms with Crippen LogP contribution in [0.1, 0.15) is 31.1 Å². The van der Waals surface area contributed by atoms with Gasteiger partial charge < -0.3 is 14.8 Å². The van der Waals surface area contributed by atoms with Gasteiger partial charge in [-0.15, -0.1) is 0 Å². The third kappa shape index (κ3) is 6.34. The van der Waals surface area contributed by atoms with Crippen molar-refractivity contribution in [3.63, 3.8) is 0 Å². The quantitative estimate of drug-likeness (QED) is 0.531. The Kier molecular flexibility index (Phi) is 7.25. The summed E-state index contributed by atoms with van der Waals surface area (Å²) in [6.45, 7) is 7.06. The lowest BCUT2D eigenvalue weighted by Gasteiger charge is -2.18. The van der Waals surface area contributed by atoms with E-state index >= 15 is 0 Å². The summed E-state index contributed by atoms with van der Waals surface area (Å²) in [6, 6.07) is 9.50. The summed E-state index contributed by atoms with van der Waals surface area (Å²) < 4.78 is 11.4. The number of para-hydroxylation sites is 1. The van der Waals surface area contributed by atoms with Crippen LogP contribution < -0.4 is 10.1 Å². The van der Waals surface area contributed by atoms with Crippen LogP contribution >= 0.6 is 0 Å². The first-order valence-corrected chi connectivity index (χ1v) is 8.62. The molecule has 0 aliphatic carbocycles. The Balaban J connectivity index is 2.03. The highest BCUT2D eigenvalue weighted by atomic mass is 16.6. The lowest BCUT2D eigenvalue weighted by molar-refractivity contribution is -0.385. The average molecular weight is 373 g/mol. The molecular formula is C19H23N3O5. The number of nitrogens with zero attached hydrogens (tertiary/aromatic N) is 2. The van der Waals surface area contributed by atoms with Crippen molar-refractivity contribution in [2.75, 3.05) is 18.5 Å². The fourth-order valence-electron chi connectivity index (χ4n) is 2.23. The van der Waals surface area contributed by atoms with Crippen molar-refractivity contribution >= 4 is 17.4 Å². The summed E-state index contributed by atoms with van der Waals surface area (Å²) >= 11 is 0. The van der Waals surface area contributed by atoms with Gasteiger partial charge in [-0.25, -0.2) is 4.98 Å². The highest BCUT2D eigenvalue weighted by Crippen LogP contribution is 2.21. The van der Waals surface area contributed by atoms with E-state index in [1.54, 1.807) is 24.3 Å². The number of rotatable bonds is 9. The lowest BCUT2D eigenvalue weighted by Crippen LogP contribution is -2.22. The summed E-state index contributed by atoms with van der Waals surface area (Å²) in [5.74, 6) is 0.665. The molecule has 8 heteroatoms. The smallest absolute Gasteiger partial charge is 0.287 e. The molecule has 1 aromatic heterocycles. The molecule has 2 rings (SSSR count). The molecule has 0 saturated carbocycles. The second-order valence-corrected chi connectivity index (χ2v) is 6.47. The lowest BCUT2D eigenvalue weighted by atomic mass is 10.2. The monoisotopic (exact) mass is 373 g/mol. The Labute approximate surface area is 157 Å². The Morgan fingerprint density at radius 2 is 1.93 bits per heavy atom. The first-order chi connectivity index (χ1) is 12.9. The number of benzene rings is 1. The zero-order chi connectivity index (χ0) is 19.8. The maximum atomic E-state index is 12.5. The van der Waals surface area contributed by atoms with Crippen molar-refractivity contribution in [1.82, 2.24) is 4.98 Å². The van der Waals surface area contributed by atoms with Crippen LogP contribution in [0.3, 0.4) is 0 Å². The predicted octanol–water partition coefficient (Wildman–Crippen LogP) is 3.68. The molecule has 1 amide bonds. The van der Waals surface area contributed by atoms with Gasteiger partial charge in [-0.2, -0.15) is 0 Å². The second kappa shape index (κ2) is 9.63. The molecule has 1 atom stereocenters. The number of amides is 1. The van der Waals surface area contributed by atoms with Crippen LogP contribution in [-0.4, -0.2) is 35.1 Å². The van der Waals surface area contributed by atoms with Gasteiger partial charge in [0.15, 0.2) is 0 Å². The van der Waals surface area contributed by atoms with E-state index in [2.05, 4.69) is 24.1 Å². The second-order valence-electron chi connectivity index (χ2n) is 6.47. The molecule has 0 aliphatic heterocycles. The minimum Gasteiger partial charge on any atom is -0.487 e. The first kappa shape index (κ1) is 20.3. The van der Waals surface area contributed by atoms with Crippen molar-refractivity contribution in [1.29, 1.82) is 0 Å². The van der Waals surface area contributed by atoms with Gasteiger partial charge in [0, 0.05) is 12.7 Å². The van der Waals surface area contributed by atoms with Crippen LogP contribution in [-0.2, 0) is 4.74 Å². The van der Waals surface area contributed by atoms with E-state index in [9.17, 15) is 14.9 Å². The molecule has 1 heterocycles. The number of anilines is 1. The third-order valence-electron chi connectivity index (χ3n) is 3.46. The number of carbonyl (C=O) groups excluding carboxylic acids is 1. The minimum absolute atomic E-state index is 0.146. The molecule has 0 bridgehead atoms. The number of hydrogen-bond acceptors (Lipinski definition) is 6. The molecule has 1 unspecified atom stereocenters. The molecule has 0 radical (unpaired) electrons. The van der Waals surface area contributed by atoms with Gasteiger partial charge >= 0.3 is 0 Å². The summed E-state index contributed by atoms with van der Waals surface area (Å²) in [6.07, 6.45) is 0.863. The van der Waals surface area contributed by atoms with E-state index in [-0.39, 0.29) is 17.6 Å². The van der Waals surface area contributed by atoms with Crippen molar-refractivity contribution in [2.24, 2.45) is 5.92 Å². The Morgan fingerprint density at radius 3 is 2.56 bits per heavy atom. The van der Waals surface area contributed by atoms with Crippen molar-refractivity contribution < 1.29 is 19.2 Å². The van der Waals surface area contributed by atoms with Gasteiger partial charge in [-0.1, -0.05) is 26.0 Å². The summed E-state index contributed by atoms with van der Waals surface area (Å²) in [4.78, 5) is 26.5. The van der Waals surface area contributed by atoms with E-state index in [4.69, 9.17) is 9.47 Å². The van der Waals surface area contributed by atoms with Gasteiger partial charge in [0.1, 0.15) is 23.9 Å². The summed E-state index contributed by atoms with van der Waals surface area (Å²) in [7, 11) is 0. The SMILES string of the molecule is CC(C)COCC(C)Oc1ccccc1C(=O)Nc1ccc([N+](=O)[O-])cn1. The normalized spacial score (nSPS) is 11.9. The number of carbonyl (C=O) groups is 1. The number of nitrogens with one attached hydrogen (secondary N) is 1. The third-order valence-corrected chi connectivity index (χ3v) is 3.46. The van der Waals surface area contributed by atoms with E-state index in [0.717, 1.165) is 6.20 Å². The zero-order valence-electron chi connectivity index (χ0n) is 15.5. The van der Waals surface area contributed by atoms with E-state index in [1.807, 2.05) is 6.92 Å². The largest absolute Gasteiger partial charge is 0.487 e. The highest BCUT2D eigenvalue weighted by Gasteiger charge is 2.16. The van der Waals surface area contributed by atoms with E-state index in [0.29, 0.717) is 30.4 Å². The fourth-order valence-corrected chi connectivity index (χ4v) is 2.23. The fraction of sp³-hybridized carbons (Fsp3) is 0.368. The topological polar surface area (TPSA) is 104 Å². The Hall–Kier alpha value is -3.00. The summed E-state index contributed by atoms with van der Waals surface area (Å²) in [5, 5.41) is 13.3. The van der Waals surface area contributed by atoms with Gasteiger partial charge in [0.25, 0.3) is 11.6 Å². The maximum Gasteiger partial charge on any atom is 0.287 e. The molecule has 144 valence electrons. The Bertz CT molecular complexity index is 777. The molecule has 8 nitrogen and oxygen atoms in total. The van der Waals surface area contributed by atoms with Crippen LogP contribution in [0.4, 0.5) is 11.5 Å². The van der Waals surface area contributed by atoms with Crippen LogP contribution in [0.15, 0.2) is 42.6 Å². The Morgan fingerprint density at radius 1 is 1.19 bits per heavy atom. The molecule has 0 spiro atoms. The molecule has 0 fully saturated rings. The number of ether oxygens (including phenoxy) is 2. The average Bonchev–Trinajstić information content (AvgIpc) is 2.62. The van der Waals surface area contributed by atoms with Crippen molar-refractivity contribution in [2.45, 2.75) is 26.9 Å². The molecule has 0 aliphatic rings. The summed E-state index contributed by atoms with van der Waals surface area (Å²) in [5.41, 5.74) is 0.195. The van der Waals surface area contributed by atoms with Crippen LogP contribution in [0, 0.1) is 16.0 Å². The van der Waals surface area contributed by atoms with Gasteiger partial charge in [0.2, 0.25) is 0 Å². The predicted molar refractivity (Wildman–Crippen MR) is 101 cm³/mol. The first-order valence-electron chi connectivity index (χ1n) is 8.62. The van der Waals surface area contributed by atoms with Crippen molar-refractivity contribution in [3.8, 4) is 5.75 Å². The van der Waals surface area contributed by atoms with Gasteiger partial charge in [0.05, 0.1) is 17.1 Å². The zero-order valence-corrected chi connectivity index (χ0v) is 15.5. The minimum atomic E-state index is -0.551. The molecular weight excluding hydrogens is 350 g/mol. The number of aromatic nitrogens is 1. The number of nitro groups is 1. The molecule has 1 aromatic carbocycles. The molecule has 0 saturated heterocycles. The van der Waals surface area contributed by atoms with Gasteiger partial charge in [-0.05, 0) is 31.0 Å². The van der Waals surface area contributed by atoms with E-state index in [1.165, 1.54) is 12.1 Å². The highest BCUT2D eigenvalue weighted by molar-refractivity contribution is 6.05. The molecule has 1 N–H and O–H groups in total. The maximum absolute atomic E-state index is 12.5. The standard InChI is InChI=1S/C19H23N3O5/c1-13(2)11-26-12-14(3)27-17-7-5-4-6-16(17)19(23)21-18-9-8-15(10-20-18)22(24)25/h4-10,13-14H,11-12H2,1-3H3,(H,20,21,23). The molecule has 27 heavy (non-hydrogen) atoms. The number of hydrogen-bond donors (Lipinski definition) is 1.